The molecule has 8 heterocycles. The van der Waals surface area contributed by atoms with Gasteiger partial charge in [0, 0.05) is 38.3 Å². The molecule has 0 atom stereocenters. The van der Waals surface area contributed by atoms with Crippen LogP contribution in [0.4, 0.5) is 0 Å². The summed E-state index contributed by atoms with van der Waals surface area (Å²) in [5.41, 5.74) is 1.34. The number of ketones is 1. The number of halogens is 2. The second-order valence-corrected chi connectivity index (χ2v) is 21.4. The Morgan fingerprint density at radius 2 is 0.917 bits per heavy atom. The van der Waals surface area contributed by atoms with E-state index in [9.17, 15) is 9.59 Å². The normalized spacial score (nSPS) is 11.3. The highest BCUT2D eigenvalue weighted by Gasteiger charge is 2.28. The van der Waals surface area contributed by atoms with Crippen LogP contribution in [-0.4, -0.2) is 25.1 Å². The molecule has 4 nitrogen and oxygen atoms in total. The molecule has 0 aromatic carbocycles. The van der Waals surface area contributed by atoms with Gasteiger partial charge in [0.15, 0.2) is 5.78 Å². The Hall–Kier alpha value is -1.59. The molecule has 0 aliphatic rings. The lowest BCUT2D eigenvalue weighted by Gasteiger charge is -2.04. The minimum absolute atomic E-state index is 0.0378. The van der Waals surface area contributed by atoms with Gasteiger partial charge in [-0.2, -0.15) is 0 Å². The highest BCUT2D eigenvalue weighted by molar-refractivity contribution is 9.11. The number of carbonyl (C=O) groups excluding carboxylic acids is 3. The fraction of sp³-hybridized carbons (Fsp3) is 0.206. The Bertz CT molecular complexity index is 2410. The van der Waals surface area contributed by atoms with Gasteiger partial charge in [-0.05, 0) is 97.7 Å². The maximum absolute atomic E-state index is 12.7. The van der Waals surface area contributed by atoms with Gasteiger partial charge in [-0.3, -0.25) is 4.79 Å². The Labute approximate surface area is 325 Å². The fourth-order valence-corrected chi connectivity index (χ4v) is 17.7. The van der Waals surface area contributed by atoms with Crippen LogP contribution in [0.1, 0.15) is 54.1 Å². The SMILES string of the molecule is C=O.CCOC(=O)c1c(-c2sc3cc(C)sc3c2C(C)=O)sc2cc(C)sc12.Cc1cc2sc(-c3sc4cc(C)sc4c3Br)c(Br)c2s1. The van der Waals surface area contributed by atoms with Gasteiger partial charge in [0.2, 0.25) is 0 Å². The summed E-state index contributed by atoms with van der Waals surface area (Å²) in [6.07, 6.45) is 0. The van der Waals surface area contributed by atoms with Crippen molar-refractivity contribution >= 4 is 179 Å². The maximum Gasteiger partial charge on any atom is 0.341 e. The molecule has 48 heavy (non-hydrogen) atoms. The standard InChI is InChI=1S/C19H16O3S4.C14H8Br2S4.CH2O/c1-5-22-19(21)14-16-12(7-9(3)24-16)26-18(14)17-13(10(4)20)15-11(25-17)6-8(2)23-15;1-5-3-7-11(17-5)9(15)13(19-7)14-10(16)12-8(20-14)4-6(2)18-12;1-2/h6-7H,5H2,1-4H3;3-4H,1-2H3;1H2. The minimum atomic E-state index is -0.307. The molecule has 0 N–H and O–H groups in total. The third-order valence-electron chi connectivity index (χ3n) is 7.08. The number of carbonyl (C=O) groups is 3. The molecule has 0 amide bonds. The van der Waals surface area contributed by atoms with E-state index in [4.69, 9.17) is 9.53 Å². The number of thiophene rings is 8. The lowest BCUT2D eigenvalue weighted by atomic mass is 10.1. The number of esters is 1. The van der Waals surface area contributed by atoms with Crippen LogP contribution in [0.25, 0.3) is 57.1 Å². The van der Waals surface area contributed by atoms with Crippen LogP contribution < -0.4 is 0 Å². The Balaban J connectivity index is 0.000000164. The van der Waals surface area contributed by atoms with Crippen LogP contribution in [0.3, 0.4) is 0 Å². The molecule has 8 rings (SSSR count). The van der Waals surface area contributed by atoms with Gasteiger partial charge in [0.1, 0.15) is 6.79 Å². The number of hydrogen-bond acceptors (Lipinski definition) is 12. The van der Waals surface area contributed by atoms with Crippen molar-refractivity contribution in [3.8, 4) is 19.5 Å². The molecule has 248 valence electrons. The fourth-order valence-electron chi connectivity index (χ4n) is 5.29. The van der Waals surface area contributed by atoms with E-state index in [-0.39, 0.29) is 11.8 Å². The van der Waals surface area contributed by atoms with Gasteiger partial charge < -0.3 is 9.53 Å². The molecule has 0 aliphatic heterocycles. The van der Waals surface area contributed by atoms with E-state index in [2.05, 4.69) is 76.9 Å². The van der Waals surface area contributed by atoms with E-state index >= 15 is 0 Å². The molecule has 0 radical (unpaired) electrons. The van der Waals surface area contributed by atoms with Crippen LogP contribution in [0.5, 0.6) is 0 Å². The largest absolute Gasteiger partial charge is 0.462 e. The molecule has 8 aromatic rings. The molecule has 0 fully saturated rings. The van der Waals surface area contributed by atoms with E-state index < -0.39 is 0 Å². The van der Waals surface area contributed by atoms with Crippen LogP contribution in [0, 0.1) is 27.7 Å². The monoisotopic (exact) mass is 912 g/mol. The molecule has 0 spiro atoms. The smallest absolute Gasteiger partial charge is 0.341 e. The van der Waals surface area contributed by atoms with Gasteiger partial charge >= 0.3 is 5.97 Å². The van der Waals surface area contributed by atoms with Gasteiger partial charge in [0.25, 0.3) is 0 Å². The van der Waals surface area contributed by atoms with E-state index in [1.54, 1.807) is 52.3 Å². The first kappa shape index (κ1) is 36.2. The first-order valence-corrected chi connectivity index (χ1v) is 22.5. The van der Waals surface area contributed by atoms with Crippen molar-refractivity contribution < 1.29 is 19.1 Å². The number of ether oxygens (including phenoxy) is 1. The van der Waals surface area contributed by atoms with Crippen LogP contribution >= 0.6 is 123 Å². The zero-order chi connectivity index (χ0) is 34.6. The lowest BCUT2D eigenvalue weighted by Crippen LogP contribution is -2.05. The van der Waals surface area contributed by atoms with Gasteiger partial charge in [-0.15, -0.1) is 90.7 Å². The van der Waals surface area contributed by atoms with Crippen LogP contribution in [0.15, 0.2) is 33.2 Å². The third-order valence-corrected chi connectivity index (χ3v) is 19.4. The summed E-state index contributed by atoms with van der Waals surface area (Å²) in [6.45, 7) is 14.2. The van der Waals surface area contributed by atoms with E-state index in [0.717, 1.165) is 39.0 Å². The number of Topliss-reactive ketones (excluding diaryl/α,β-unsaturated/α-hetero) is 1. The third kappa shape index (κ3) is 6.51. The second kappa shape index (κ2) is 14.6. The van der Waals surface area contributed by atoms with Crippen molar-refractivity contribution in [2.24, 2.45) is 0 Å². The number of hydrogen-bond donors (Lipinski definition) is 0. The Morgan fingerprint density at radius 1 is 0.583 bits per heavy atom. The highest BCUT2D eigenvalue weighted by atomic mass is 79.9. The van der Waals surface area contributed by atoms with E-state index in [1.807, 2.05) is 66.0 Å². The Morgan fingerprint density at radius 3 is 1.29 bits per heavy atom. The van der Waals surface area contributed by atoms with Crippen molar-refractivity contribution in [1.29, 1.82) is 0 Å². The molecule has 8 aromatic heterocycles. The van der Waals surface area contributed by atoms with E-state index in [0.29, 0.717) is 12.2 Å². The van der Waals surface area contributed by atoms with Crippen molar-refractivity contribution in [2.45, 2.75) is 41.5 Å². The summed E-state index contributed by atoms with van der Waals surface area (Å²) >= 11 is 21.5. The second-order valence-electron chi connectivity index (χ2n) is 10.6. The number of fused-ring (bicyclic) bond motifs is 4. The summed E-state index contributed by atoms with van der Waals surface area (Å²) in [7, 11) is 0. The zero-order valence-electron chi connectivity index (χ0n) is 26.4. The summed E-state index contributed by atoms with van der Waals surface area (Å²) in [5, 5.41) is 0. The average molecular weight is 915 g/mol. The summed E-state index contributed by atoms with van der Waals surface area (Å²) < 4.78 is 17.5. The molecule has 0 aliphatic carbocycles. The maximum atomic E-state index is 12.7. The predicted molar refractivity (Wildman–Crippen MR) is 224 cm³/mol. The van der Waals surface area contributed by atoms with Crippen molar-refractivity contribution in [3.05, 3.63) is 63.8 Å². The highest BCUT2D eigenvalue weighted by Crippen LogP contribution is 2.53. The van der Waals surface area contributed by atoms with Crippen molar-refractivity contribution in [2.75, 3.05) is 6.61 Å². The zero-order valence-corrected chi connectivity index (χ0v) is 36.1. The molecular weight excluding hydrogens is 889 g/mol. The van der Waals surface area contributed by atoms with Crippen LogP contribution in [0.2, 0.25) is 0 Å². The van der Waals surface area contributed by atoms with Gasteiger partial charge in [0.05, 0.1) is 65.0 Å². The summed E-state index contributed by atoms with van der Waals surface area (Å²) in [4.78, 5) is 42.7. The summed E-state index contributed by atoms with van der Waals surface area (Å²) in [5.74, 6) is -0.270. The average Bonchev–Trinajstić information content (AvgIpc) is 3.88. The van der Waals surface area contributed by atoms with Gasteiger partial charge in [-0.1, -0.05) is 0 Å². The quantitative estimate of drug-likeness (QED) is 0.127. The van der Waals surface area contributed by atoms with Crippen molar-refractivity contribution in [3.63, 3.8) is 0 Å². The predicted octanol–water partition coefficient (Wildman–Crippen LogP) is 14.8. The first-order chi connectivity index (χ1) is 22.9. The molecule has 14 heteroatoms. The molecular formula is C34H26Br2O4S8. The van der Waals surface area contributed by atoms with Gasteiger partial charge in [-0.25, -0.2) is 4.79 Å². The summed E-state index contributed by atoms with van der Waals surface area (Å²) in [6, 6.07) is 8.79. The van der Waals surface area contributed by atoms with Crippen molar-refractivity contribution in [1.82, 2.24) is 0 Å². The minimum Gasteiger partial charge on any atom is -0.462 e. The number of rotatable bonds is 5. The molecule has 0 bridgehead atoms. The number of aryl methyl sites for hydroxylation is 4. The van der Waals surface area contributed by atoms with E-state index in [1.165, 1.54) is 52.1 Å². The topological polar surface area (TPSA) is 60.4 Å². The molecule has 0 saturated heterocycles. The van der Waals surface area contributed by atoms with Crippen LogP contribution in [-0.2, 0) is 9.53 Å². The molecule has 0 unspecified atom stereocenters. The Kier molecular flexibility index (Phi) is 11.0. The first-order valence-electron chi connectivity index (χ1n) is 14.4. The lowest BCUT2D eigenvalue weighted by molar-refractivity contribution is -0.0980. The molecule has 0 saturated carbocycles.